The number of nitrogens with one attached hydrogen (secondary N) is 1. The Labute approximate surface area is 170 Å². The number of carbonyl (C=O) groups is 1. The molecule has 3 heteroatoms. The van der Waals surface area contributed by atoms with E-state index in [-0.39, 0.29) is 11.9 Å². The molecule has 1 saturated heterocycles. The summed E-state index contributed by atoms with van der Waals surface area (Å²) in [6.07, 6.45) is 3.85. The minimum absolute atomic E-state index is 0.0303. The maximum atomic E-state index is 12.4. The van der Waals surface area contributed by atoms with Gasteiger partial charge in [-0.05, 0) is 80.3 Å². The highest BCUT2D eigenvalue weighted by Gasteiger charge is 2.16. The SMILES string of the molecule is Cc1ccc(CCC(=O)N[C@@H](C)c2ccc(N3CCC(C)CC3)cc2)cc1C. The van der Waals surface area contributed by atoms with Gasteiger partial charge in [0.2, 0.25) is 5.91 Å². The smallest absolute Gasteiger partial charge is 0.220 e. The number of aryl methyl sites for hydroxylation is 3. The van der Waals surface area contributed by atoms with Gasteiger partial charge in [-0.25, -0.2) is 0 Å². The fourth-order valence-corrected chi connectivity index (χ4v) is 3.85. The van der Waals surface area contributed by atoms with E-state index in [0.717, 1.165) is 31.0 Å². The first-order valence-electron chi connectivity index (χ1n) is 10.6. The summed E-state index contributed by atoms with van der Waals surface area (Å²) in [5, 5.41) is 3.14. The molecule has 150 valence electrons. The second-order valence-electron chi connectivity index (χ2n) is 8.47. The van der Waals surface area contributed by atoms with Gasteiger partial charge in [-0.15, -0.1) is 0 Å². The van der Waals surface area contributed by atoms with E-state index >= 15 is 0 Å². The molecule has 2 aromatic carbocycles. The minimum atomic E-state index is 0.0303. The fourth-order valence-electron chi connectivity index (χ4n) is 3.85. The van der Waals surface area contributed by atoms with Crippen molar-refractivity contribution in [3.8, 4) is 0 Å². The summed E-state index contributed by atoms with van der Waals surface area (Å²) < 4.78 is 0. The molecule has 1 aliphatic rings. The number of hydrogen-bond donors (Lipinski definition) is 1. The first kappa shape index (κ1) is 20.4. The van der Waals surface area contributed by atoms with Gasteiger partial charge in [0, 0.05) is 25.2 Å². The van der Waals surface area contributed by atoms with Gasteiger partial charge in [-0.3, -0.25) is 4.79 Å². The molecule has 1 aliphatic heterocycles. The van der Waals surface area contributed by atoms with Crippen LogP contribution >= 0.6 is 0 Å². The van der Waals surface area contributed by atoms with Crippen molar-refractivity contribution < 1.29 is 4.79 Å². The zero-order chi connectivity index (χ0) is 20.1. The molecule has 0 radical (unpaired) electrons. The minimum Gasteiger partial charge on any atom is -0.372 e. The van der Waals surface area contributed by atoms with E-state index in [2.05, 4.69) is 80.4 Å². The number of hydrogen-bond acceptors (Lipinski definition) is 2. The highest BCUT2D eigenvalue weighted by molar-refractivity contribution is 5.76. The van der Waals surface area contributed by atoms with Crippen molar-refractivity contribution in [3.63, 3.8) is 0 Å². The van der Waals surface area contributed by atoms with Crippen molar-refractivity contribution in [2.24, 2.45) is 5.92 Å². The van der Waals surface area contributed by atoms with Gasteiger partial charge in [-0.1, -0.05) is 37.3 Å². The topological polar surface area (TPSA) is 32.3 Å². The molecule has 0 unspecified atom stereocenters. The normalized spacial score (nSPS) is 16.1. The van der Waals surface area contributed by atoms with E-state index in [4.69, 9.17) is 0 Å². The number of anilines is 1. The van der Waals surface area contributed by atoms with E-state index in [9.17, 15) is 4.79 Å². The number of rotatable bonds is 6. The molecule has 1 N–H and O–H groups in total. The lowest BCUT2D eigenvalue weighted by molar-refractivity contribution is -0.121. The van der Waals surface area contributed by atoms with Gasteiger partial charge in [0.15, 0.2) is 0 Å². The van der Waals surface area contributed by atoms with Crippen LogP contribution in [0.5, 0.6) is 0 Å². The second-order valence-corrected chi connectivity index (χ2v) is 8.47. The van der Waals surface area contributed by atoms with Gasteiger partial charge < -0.3 is 10.2 Å². The summed E-state index contributed by atoms with van der Waals surface area (Å²) in [6, 6.07) is 15.2. The molecule has 1 atom stereocenters. The molecule has 1 amide bonds. The second kappa shape index (κ2) is 9.27. The van der Waals surface area contributed by atoms with Crippen LogP contribution in [0.25, 0.3) is 0 Å². The standard InChI is InChI=1S/C25H34N2O/c1-18-13-15-27(16-14-18)24-10-8-23(9-11-24)21(4)26-25(28)12-7-22-6-5-19(2)20(3)17-22/h5-6,8-11,17-18,21H,7,12-16H2,1-4H3,(H,26,28)/t21-/m0/s1. The molecule has 0 bridgehead atoms. The van der Waals surface area contributed by atoms with Crippen molar-refractivity contribution in [1.82, 2.24) is 5.32 Å². The van der Waals surface area contributed by atoms with Crippen LogP contribution in [0.3, 0.4) is 0 Å². The molecule has 1 heterocycles. The Morgan fingerprint density at radius 1 is 1.07 bits per heavy atom. The van der Waals surface area contributed by atoms with Gasteiger partial charge in [0.1, 0.15) is 0 Å². The molecule has 3 nitrogen and oxygen atoms in total. The highest BCUT2D eigenvalue weighted by Crippen LogP contribution is 2.24. The molecule has 28 heavy (non-hydrogen) atoms. The molecule has 3 rings (SSSR count). The Hall–Kier alpha value is -2.29. The Bertz CT molecular complexity index is 789. The highest BCUT2D eigenvalue weighted by atomic mass is 16.1. The maximum absolute atomic E-state index is 12.4. The fraction of sp³-hybridized carbons (Fsp3) is 0.480. The van der Waals surface area contributed by atoms with Crippen LogP contribution in [0.15, 0.2) is 42.5 Å². The summed E-state index contributed by atoms with van der Waals surface area (Å²) >= 11 is 0. The van der Waals surface area contributed by atoms with Crippen molar-refractivity contribution >= 4 is 11.6 Å². The summed E-state index contributed by atoms with van der Waals surface area (Å²) in [6.45, 7) is 10.9. The van der Waals surface area contributed by atoms with E-state index in [1.165, 1.54) is 35.2 Å². The third kappa shape index (κ3) is 5.37. The summed E-state index contributed by atoms with van der Waals surface area (Å²) in [7, 11) is 0. The van der Waals surface area contributed by atoms with Crippen LogP contribution in [0.1, 0.15) is 61.4 Å². The third-order valence-electron chi connectivity index (χ3n) is 6.13. The molecule has 0 aliphatic carbocycles. The zero-order valence-electron chi connectivity index (χ0n) is 17.8. The van der Waals surface area contributed by atoms with Crippen LogP contribution in [0, 0.1) is 19.8 Å². The number of piperidine rings is 1. The van der Waals surface area contributed by atoms with Crippen LogP contribution < -0.4 is 10.2 Å². The first-order chi connectivity index (χ1) is 13.4. The Kier molecular flexibility index (Phi) is 6.77. The van der Waals surface area contributed by atoms with Gasteiger partial charge in [0.05, 0.1) is 6.04 Å². The van der Waals surface area contributed by atoms with Gasteiger partial charge in [0.25, 0.3) is 0 Å². The third-order valence-corrected chi connectivity index (χ3v) is 6.13. The maximum Gasteiger partial charge on any atom is 0.220 e. The molecule has 0 aromatic heterocycles. The summed E-state index contributed by atoms with van der Waals surface area (Å²) in [5.41, 5.74) is 6.27. The molecule has 0 saturated carbocycles. The number of carbonyl (C=O) groups excluding carboxylic acids is 1. The quantitative estimate of drug-likeness (QED) is 0.735. The lowest BCUT2D eigenvalue weighted by Gasteiger charge is -2.32. The molecule has 2 aromatic rings. The van der Waals surface area contributed by atoms with Crippen LogP contribution in [0.2, 0.25) is 0 Å². The number of nitrogens with zero attached hydrogens (tertiary/aromatic N) is 1. The largest absolute Gasteiger partial charge is 0.372 e. The van der Waals surface area contributed by atoms with Crippen molar-refractivity contribution in [2.75, 3.05) is 18.0 Å². The monoisotopic (exact) mass is 378 g/mol. The van der Waals surface area contributed by atoms with Gasteiger partial charge >= 0.3 is 0 Å². The lowest BCUT2D eigenvalue weighted by Crippen LogP contribution is -2.32. The summed E-state index contributed by atoms with van der Waals surface area (Å²) in [5.74, 6) is 0.953. The Morgan fingerprint density at radius 3 is 2.39 bits per heavy atom. The predicted octanol–water partition coefficient (Wildman–Crippen LogP) is 5.35. The Morgan fingerprint density at radius 2 is 1.75 bits per heavy atom. The average molecular weight is 379 g/mol. The molecular weight excluding hydrogens is 344 g/mol. The van der Waals surface area contributed by atoms with E-state index in [1.807, 2.05) is 0 Å². The van der Waals surface area contributed by atoms with Crippen molar-refractivity contribution in [1.29, 1.82) is 0 Å². The lowest BCUT2D eigenvalue weighted by atomic mass is 9.98. The number of benzene rings is 2. The average Bonchev–Trinajstić information content (AvgIpc) is 2.69. The zero-order valence-corrected chi connectivity index (χ0v) is 17.8. The molecule has 1 fully saturated rings. The predicted molar refractivity (Wildman–Crippen MR) is 118 cm³/mol. The van der Waals surface area contributed by atoms with E-state index in [0.29, 0.717) is 6.42 Å². The first-order valence-corrected chi connectivity index (χ1v) is 10.6. The van der Waals surface area contributed by atoms with Crippen molar-refractivity contribution in [2.45, 2.75) is 59.4 Å². The van der Waals surface area contributed by atoms with Gasteiger partial charge in [-0.2, -0.15) is 0 Å². The molecular formula is C25H34N2O. The van der Waals surface area contributed by atoms with Crippen LogP contribution in [0.4, 0.5) is 5.69 Å². The van der Waals surface area contributed by atoms with Crippen molar-refractivity contribution in [3.05, 3.63) is 64.7 Å². The van der Waals surface area contributed by atoms with Crippen LogP contribution in [-0.4, -0.2) is 19.0 Å². The van der Waals surface area contributed by atoms with E-state index < -0.39 is 0 Å². The molecule has 0 spiro atoms. The van der Waals surface area contributed by atoms with Crippen LogP contribution in [-0.2, 0) is 11.2 Å². The number of amides is 1. The summed E-state index contributed by atoms with van der Waals surface area (Å²) in [4.78, 5) is 14.8. The van der Waals surface area contributed by atoms with E-state index in [1.54, 1.807) is 0 Å². The Balaban J connectivity index is 1.50.